The molecule has 0 amide bonds. The molecule has 1 aromatic carbocycles. The van der Waals surface area contributed by atoms with Gasteiger partial charge in [-0.3, -0.25) is 0 Å². The number of hydrogen-bond donors (Lipinski definition) is 1. The predicted molar refractivity (Wildman–Crippen MR) is 70.2 cm³/mol. The van der Waals surface area contributed by atoms with Crippen molar-refractivity contribution in [1.82, 2.24) is 0 Å². The van der Waals surface area contributed by atoms with Crippen molar-refractivity contribution in [2.24, 2.45) is 5.92 Å². The highest BCUT2D eigenvalue weighted by atomic mass is 16.3. The van der Waals surface area contributed by atoms with Gasteiger partial charge in [0.2, 0.25) is 0 Å². The van der Waals surface area contributed by atoms with Crippen LogP contribution in [0.3, 0.4) is 0 Å². The molecule has 0 bridgehead atoms. The molecule has 2 saturated carbocycles. The molecular formula is C16H22O. The van der Waals surface area contributed by atoms with E-state index in [0.29, 0.717) is 11.8 Å². The first kappa shape index (κ1) is 11.3. The van der Waals surface area contributed by atoms with E-state index < -0.39 is 0 Å². The number of rotatable bonds is 2. The molecule has 1 heteroatoms. The second-order valence-electron chi connectivity index (χ2n) is 5.91. The summed E-state index contributed by atoms with van der Waals surface area (Å²) in [6.45, 7) is 2.19. The minimum atomic E-state index is -0.0904. The van der Waals surface area contributed by atoms with Crippen molar-refractivity contribution < 1.29 is 5.11 Å². The SMILES string of the molecule is CC1C(O)CCC1c1cccc(C2CCC2)c1. The van der Waals surface area contributed by atoms with Crippen LogP contribution in [-0.4, -0.2) is 11.2 Å². The summed E-state index contributed by atoms with van der Waals surface area (Å²) in [7, 11) is 0. The van der Waals surface area contributed by atoms with Gasteiger partial charge in [0.1, 0.15) is 0 Å². The molecule has 2 fully saturated rings. The molecule has 0 heterocycles. The highest BCUT2D eigenvalue weighted by Crippen LogP contribution is 2.42. The number of hydrogen-bond acceptors (Lipinski definition) is 1. The summed E-state index contributed by atoms with van der Waals surface area (Å²) in [6, 6.07) is 9.15. The first-order chi connectivity index (χ1) is 8.25. The van der Waals surface area contributed by atoms with E-state index in [0.717, 1.165) is 18.8 Å². The van der Waals surface area contributed by atoms with Gasteiger partial charge < -0.3 is 5.11 Å². The van der Waals surface area contributed by atoms with Crippen molar-refractivity contribution in [1.29, 1.82) is 0 Å². The summed E-state index contributed by atoms with van der Waals surface area (Å²) in [5.41, 5.74) is 2.99. The maximum atomic E-state index is 9.87. The largest absolute Gasteiger partial charge is 0.393 e. The van der Waals surface area contributed by atoms with E-state index in [-0.39, 0.29) is 6.10 Å². The Morgan fingerprint density at radius 3 is 2.41 bits per heavy atom. The summed E-state index contributed by atoms with van der Waals surface area (Å²) in [6.07, 6.45) is 6.16. The van der Waals surface area contributed by atoms with Crippen LogP contribution in [0.5, 0.6) is 0 Å². The first-order valence-corrected chi connectivity index (χ1v) is 7.03. The Bertz CT molecular complexity index is 394. The summed E-state index contributed by atoms with van der Waals surface area (Å²) < 4.78 is 0. The van der Waals surface area contributed by atoms with E-state index in [2.05, 4.69) is 31.2 Å². The fourth-order valence-corrected chi connectivity index (χ4v) is 3.40. The molecule has 1 aromatic rings. The topological polar surface area (TPSA) is 20.2 Å². The Labute approximate surface area is 104 Å². The lowest BCUT2D eigenvalue weighted by Gasteiger charge is -2.27. The van der Waals surface area contributed by atoms with Gasteiger partial charge in [-0.05, 0) is 54.6 Å². The lowest BCUT2D eigenvalue weighted by Crippen LogP contribution is -2.15. The Morgan fingerprint density at radius 2 is 1.82 bits per heavy atom. The fraction of sp³-hybridized carbons (Fsp3) is 0.625. The zero-order valence-corrected chi connectivity index (χ0v) is 10.6. The quantitative estimate of drug-likeness (QED) is 0.818. The van der Waals surface area contributed by atoms with Crippen LogP contribution in [0.15, 0.2) is 24.3 Å². The van der Waals surface area contributed by atoms with Gasteiger partial charge in [-0.2, -0.15) is 0 Å². The van der Waals surface area contributed by atoms with E-state index in [1.54, 1.807) is 0 Å². The molecule has 0 aromatic heterocycles. The van der Waals surface area contributed by atoms with E-state index >= 15 is 0 Å². The van der Waals surface area contributed by atoms with Crippen LogP contribution >= 0.6 is 0 Å². The van der Waals surface area contributed by atoms with Crippen molar-refractivity contribution in [3.63, 3.8) is 0 Å². The Balaban J connectivity index is 1.82. The van der Waals surface area contributed by atoms with Crippen LogP contribution in [0.1, 0.15) is 62.0 Å². The lowest BCUT2D eigenvalue weighted by molar-refractivity contribution is 0.136. The highest BCUT2D eigenvalue weighted by molar-refractivity contribution is 5.31. The summed E-state index contributed by atoms with van der Waals surface area (Å²) in [4.78, 5) is 0. The molecule has 17 heavy (non-hydrogen) atoms. The van der Waals surface area contributed by atoms with Gasteiger partial charge in [0, 0.05) is 0 Å². The third kappa shape index (κ3) is 2.01. The van der Waals surface area contributed by atoms with Crippen LogP contribution in [0.25, 0.3) is 0 Å². The molecule has 92 valence electrons. The summed E-state index contributed by atoms with van der Waals surface area (Å²) in [5.74, 6) is 1.81. The minimum absolute atomic E-state index is 0.0904. The monoisotopic (exact) mass is 230 g/mol. The average molecular weight is 230 g/mol. The molecule has 0 aliphatic heterocycles. The standard InChI is InChI=1S/C16H22O/c1-11-15(8-9-16(11)17)14-7-3-6-13(10-14)12-4-2-5-12/h3,6-7,10-12,15-17H,2,4-5,8-9H2,1H3. The average Bonchev–Trinajstić information content (AvgIpc) is 2.58. The van der Waals surface area contributed by atoms with Crippen molar-refractivity contribution in [3.05, 3.63) is 35.4 Å². The predicted octanol–water partition coefficient (Wildman–Crippen LogP) is 3.83. The van der Waals surface area contributed by atoms with Crippen LogP contribution in [-0.2, 0) is 0 Å². The molecule has 0 radical (unpaired) electrons. The molecule has 3 atom stereocenters. The highest BCUT2D eigenvalue weighted by Gasteiger charge is 2.32. The Kier molecular flexibility index (Phi) is 2.96. The van der Waals surface area contributed by atoms with Crippen molar-refractivity contribution in [2.45, 2.75) is 57.0 Å². The zero-order valence-electron chi connectivity index (χ0n) is 10.6. The van der Waals surface area contributed by atoms with Crippen LogP contribution < -0.4 is 0 Å². The normalized spacial score (nSPS) is 33.6. The smallest absolute Gasteiger partial charge is 0.0571 e. The van der Waals surface area contributed by atoms with Gasteiger partial charge in [-0.1, -0.05) is 37.6 Å². The van der Waals surface area contributed by atoms with E-state index in [4.69, 9.17) is 0 Å². The molecule has 1 N–H and O–H groups in total. The van der Waals surface area contributed by atoms with Gasteiger partial charge in [0.15, 0.2) is 0 Å². The molecule has 3 unspecified atom stereocenters. The number of benzene rings is 1. The number of aliphatic hydroxyl groups excluding tert-OH is 1. The molecule has 3 rings (SSSR count). The van der Waals surface area contributed by atoms with Crippen LogP contribution in [0.2, 0.25) is 0 Å². The second kappa shape index (κ2) is 4.45. The third-order valence-corrected chi connectivity index (χ3v) is 4.93. The van der Waals surface area contributed by atoms with E-state index in [1.165, 1.54) is 30.4 Å². The van der Waals surface area contributed by atoms with Gasteiger partial charge >= 0.3 is 0 Å². The van der Waals surface area contributed by atoms with Crippen molar-refractivity contribution in [3.8, 4) is 0 Å². The third-order valence-electron chi connectivity index (χ3n) is 4.93. The fourth-order valence-electron chi connectivity index (χ4n) is 3.40. The zero-order chi connectivity index (χ0) is 11.8. The molecule has 2 aliphatic rings. The van der Waals surface area contributed by atoms with Crippen molar-refractivity contribution >= 4 is 0 Å². The van der Waals surface area contributed by atoms with Gasteiger partial charge in [0.25, 0.3) is 0 Å². The second-order valence-corrected chi connectivity index (χ2v) is 5.91. The lowest BCUT2D eigenvalue weighted by atomic mass is 9.78. The summed E-state index contributed by atoms with van der Waals surface area (Å²) >= 11 is 0. The number of aliphatic hydroxyl groups is 1. The first-order valence-electron chi connectivity index (χ1n) is 7.03. The maximum Gasteiger partial charge on any atom is 0.0571 e. The Hall–Kier alpha value is -0.820. The molecule has 1 nitrogen and oxygen atoms in total. The van der Waals surface area contributed by atoms with Crippen molar-refractivity contribution in [2.75, 3.05) is 0 Å². The van der Waals surface area contributed by atoms with Gasteiger partial charge in [0.05, 0.1) is 6.10 Å². The molecule has 0 saturated heterocycles. The summed E-state index contributed by atoms with van der Waals surface area (Å²) in [5, 5.41) is 9.87. The van der Waals surface area contributed by atoms with Crippen LogP contribution in [0.4, 0.5) is 0 Å². The van der Waals surface area contributed by atoms with Gasteiger partial charge in [-0.25, -0.2) is 0 Å². The Morgan fingerprint density at radius 1 is 1.06 bits per heavy atom. The van der Waals surface area contributed by atoms with Gasteiger partial charge in [-0.15, -0.1) is 0 Å². The molecule has 2 aliphatic carbocycles. The van der Waals surface area contributed by atoms with E-state index in [1.807, 2.05) is 0 Å². The maximum absolute atomic E-state index is 9.87. The van der Waals surface area contributed by atoms with Crippen LogP contribution in [0, 0.1) is 5.92 Å². The molecule has 0 spiro atoms. The van der Waals surface area contributed by atoms with E-state index in [9.17, 15) is 5.11 Å². The minimum Gasteiger partial charge on any atom is -0.393 e. The molecular weight excluding hydrogens is 208 g/mol.